The summed E-state index contributed by atoms with van der Waals surface area (Å²) in [6, 6.07) is 2.03. The molecular weight excluding hydrogens is 1030 g/mol. The second-order valence-electron chi connectivity index (χ2n) is 24.4. The summed E-state index contributed by atoms with van der Waals surface area (Å²) in [5.74, 6) is -7.39. The van der Waals surface area contributed by atoms with Crippen LogP contribution >= 0.6 is 0 Å². The molecule has 24 atom stereocenters. The second-order valence-corrected chi connectivity index (χ2v) is 24.4. The van der Waals surface area contributed by atoms with Gasteiger partial charge in [-0.1, -0.05) is 48.5 Å². The highest BCUT2D eigenvalue weighted by Gasteiger charge is 2.53. The quantitative estimate of drug-likeness (QED) is 0.115. The number of aliphatic hydroxyl groups is 2. The number of esters is 2. The Hall–Kier alpha value is -3.37. The van der Waals surface area contributed by atoms with Gasteiger partial charge in [0.05, 0.1) is 80.3 Å². The molecule has 5 rings (SSSR count). The Kier molecular flexibility index (Phi) is 24.6. The van der Waals surface area contributed by atoms with Gasteiger partial charge >= 0.3 is 18.0 Å². The molecule has 0 aliphatic carbocycles. The van der Waals surface area contributed by atoms with Crippen LogP contribution in [0.25, 0.3) is 0 Å². The Bertz CT molecular complexity index is 2070. The van der Waals surface area contributed by atoms with E-state index in [0.717, 1.165) is 0 Å². The molecule has 0 bridgehead atoms. The van der Waals surface area contributed by atoms with E-state index < -0.39 is 145 Å². The van der Waals surface area contributed by atoms with E-state index in [2.05, 4.69) is 11.8 Å². The van der Waals surface area contributed by atoms with Gasteiger partial charge in [0.15, 0.2) is 30.3 Å². The van der Waals surface area contributed by atoms with Gasteiger partial charge in [0.2, 0.25) is 0 Å². The fraction of sp³-hybridized carbons (Fsp3) is 0.879. The van der Waals surface area contributed by atoms with Crippen LogP contribution < -0.4 is 0 Å². The van der Waals surface area contributed by atoms with Crippen molar-refractivity contribution in [2.24, 2.45) is 41.4 Å². The van der Waals surface area contributed by atoms with Crippen LogP contribution in [0.15, 0.2) is 11.6 Å². The molecule has 452 valence electrons. The molecule has 2 N–H and O–H groups in total. The van der Waals surface area contributed by atoms with Crippen molar-refractivity contribution in [2.45, 2.75) is 239 Å². The zero-order chi connectivity index (χ0) is 59.0. The Morgan fingerprint density at radius 3 is 2.03 bits per heavy atom. The molecule has 5 saturated heterocycles. The summed E-state index contributed by atoms with van der Waals surface area (Å²) in [5.41, 5.74) is -1.54. The SMILES string of the molecule is CO[C@@H]1[C@H](O)[C@@H](C)O[C@@H](OC[C@H](C)[C@H]2OC(=O)[C@H](C)[C@@H](O[C@H]3C[C@@H](C)N(C)C[C@H](C)O3)[C@H](C)[C@@H](O[C@@H]3O[C@H](C)C/C(=C\C#N)[C@H]3O)[C@@H](C)C[C@](C)(OC(=O)N3C[C@H](C)O[C@@H](C)C3)C(=O)[C@H](C)[C@H](OC(=O)CC(C)C)[C@H]2C)[C@@H]1OC. The number of nitriles is 1. The second kappa shape index (κ2) is 29.2. The minimum absolute atomic E-state index is 0.00753. The molecule has 5 heterocycles. The molecule has 79 heavy (non-hydrogen) atoms. The number of ether oxygens (including phenoxy) is 12. The largest absolute Gasteiger partial charge is 0.461 e. The van der Waals surface area contributed by atoms with Gasteiger partial charge in [-0.25, -0.2) is 4.79 Å². The summed E-state index contributed by atoms with van der Waals surface area (Å²) in [6.07, 6.45) is -12.8. The third-order valence-electron chi connectivity index (χ3n) is 16.7. The molecule has 21 nitrogen and oxygen atoms in total. The lowest BCUT2D eigenvalue weighted by molar-refractivity contribution is -0.305. The van der Waals surface area contributed by atoms with E-state index in [9.17, 15) is 25.1 Å². The Morgan fingerprint density at radius 2 is 1.42 bits per heavy atom. The van der Waals surface area contributed by atoms with Crippen molar-refractivity contribution in [3.05, 3.63) is 11.6 Å². The third-order valence-corrected chi connectivity index (χ3v) is 16.7. The van der Waals surface area contributed by atoms with Crippen LogP contribution in [0.3, 0.4) is 0 Å². The van der Waals surface area contributed by atoms with Crippen LogP contribution in [0.1, 0.15) is 130 Å². The summed E-state index contributed by atoms with van der Waals surface area (Å²) in [4.78, 5) is 63.7. The first-order valence-corrected chi connectivity index (χ1v) is 28.7. The van der Waals surface area contributed by atoms with Gasteiger partial charge in [-0.05, 0) is 92.7 Å². The highest BCUT2D eigenvalue weighted by Crippen LogP contribution is 2.41. The molecule has 5 fully saturated rings. The van der Waals surface area contributed by atoms with Crippen LogP contribution in [0, 0.1) is 52.8 Å². The summed E-state index contributed by atoms with van der Waals surface area (Å²) >= 11 is 0. The average molecular weight is 1120 g/mol. The van der Waals surface area contributed by atoms with Gasteiger partial charge < -0.3 is 76.9 Å². The number of hydrogen-bond acceptors (Lipinski definition) is 20. The van der Waals surface area contributed by atoms with E-state index >= 15 is 9.59 Å². The number of carbonyl (C=O) groups excluding carboxylic acids is 4. The number of hydrogen-bond donors (Lipinski definition) is 2. The van der Waals surface area contributed by atoms with E-state index in [4.69, 9.17) is 56.8 Å². The lowest BCUT2D eigenvalue weighted by atomic mass is 9.74. The third kappa shape index (κ3) is 16.9. The molecule has 0 radical (unpaired) electrons. The topological polar surface area (TPSA) is 250 Å². The predicted molar refractivity (Wildman–Crippen MR) is 288 cm³/mol. The molecule has 0 spiro atoms. The number of allylic oxidation sites excluding steroid dienone is 1. The Morgan fingerprint density at radius 1 is 0.785 bits per heavy atom. The van der Waals surface area contributed by atoms with Crippen molar-refractivity contribution >= 4 is 23.8 Å². The van der Waals surface area contributed by atoms with Gasteiger partial charge in [0.1, 0.15) is 36.6 Å². The standard InChI is InChI=1S/C58H97N3O18/c1-29(2)21-43(62)75-49-38(11)48(31(4)28-70-56-52(69-18)51(68-17)45(63)41(14)74-56)77-54(66)40(13)50(76-44-22-32(5)60(16)25-34(7)72-44)37(10)47(78-55-46(64)42(19-20-59)23-33(6)73-55)30(3)24-58(15,53(65)39(49)12)79-57(67)61-26-35(8)71-36(9)27-61/h19,29-41,44-52,55-56,63-64H,21-28H2,1-18H3/b42-19+/t30-,31-,32+,33+,34-,35-,36-,37+,38-,39+,40+,41+,44-,45+,46+,47-,48+,49+,50-,51+,52+,55-,56+,58-/m0/s1. The summed E-state index contributed by atoms with van der Waals surface area (Å²) in [5, 5.41) is 32.5. The maximum absolute atomic E-state index is 15.9. The van der Waals surface area contributed by atoms with E-state index in [-0.39, 0.29) is 69.2 Å². The van der Waals surface area contributed by atoms with E-state index in [1.54, 1.807) is 48.5 Å². The van der Waals surface area contributed by atoms with Gasteiger partial charge in [-0.2, -0.15) is 5.26 Å². The zero-order valence-electron chi connectivity index (χ0n) is 50.4. The number of cyclic esters (lactones) is 1. The summed E-state index contributed by atoms with van der Waals surface area (Å²) in [7, 11) is 4.92. The monoisotopic (exact) mass is 1120 g/mol. The van der Waals surface area contributed by atoms with Crippen molar-refractivity contribution in [3.63, 3.8) is 0 Å². The molecule has 5 aliphatic heterocycles. The van der Waals surface area contributed by atoms with Crippen molar-refractivity contribution in [1.82, 2.24) is 9.80 Å². The molecule has 0 aromatic heterocycles. The number of nitrogens with zero attached hydrogens (tertiary/aromatic N) is 3. The number of Topliss-reactive ketones (excluding diaryl/α,β-unsaturated/α-hetero) is 1. The van der Waals surface area contributed by atoms with Crippen LogP contribution in [0.4, 0.5) is 4.79 Å². The number of likely N-dealkylation sites (N-methyl/N-ethyl adjacent to an activating group) is 1. The van der Waals surface area contributed by atoms with Crippen LogP contribution in [0.5, 0.6) is 0 Å². The maximum Gasteiger partial charge on any atom is 0.410 e. The minimum Gasteiger partial charge on any atom is -0.461 e. The Balaban J connectivity index is 1.72. The van der Waals surface area contributed by atoms with Crippen LogP contribution in [-0.4, -0.2) is 201 Å². The molecule has 0 aromatic carbocycles. The lowest BCUT2D eigenvalue weighted by Crippen LogP contribution is -2.59. The summed E-state index contributed by atoms with van der Waals surface area (Å²) < 4.78 is 76.6. The van der Waals surface area contributed by atoms with Crippen LogP contribution in [-0.2, 0) is 71.2 Å². The lowest BCUT2D eigenvalue weighted by Gasteiger charge is -2.45. The van der Waals surface area contributed by atoms with Gasteiger partial charge in [-0.15, -0.1) is 0 Å². The number of ketones is 1. The van der Waals surface area contributed by atoms with Crippen molar-refractivity contribution in [3.8, 4) is 6.07 Å². The molecular formula is C58H97N3O18. The van der Waals surface area contributed by atoms with Crippen LogP contribution in [0.2, 0.25) is 0 Å². The first-order chi connectivity index (χ1) is 37.0. The molecule has 21 heteroatoms. The van der Waals surface area contributed by atoms with Gasteiger partial charge in [-0.3, -0.25) is 14.4 Å². The first kappa shape index (κ1) is 66.4. The van der Waals surface area contributed by atoms with E-state index in [1.165, 1.54) is 25.2 Å². The molecule has 0 saturated carbocycles. The highest BCUT2D eigenvalue weighted by atomic mass is 16.7. The van der Waals surface area contributed by atoms with Crippen molar-refractivity contribution in [2.75, 3.05) is 47.5 Å². The normalized spacial score (nSPS) is 42.6. The predicted octanol–water partition coefficient (Wildman–Crippen LogP) is 5.97. The smallest absolute Gasteiger partial charge is 0.410 e. The maximum atomic E-state index is 15.9. The number of aliphatic hydroxyl groups excluding tert-OH is 2. The van der Waals surface area contributed by atoms with Crippen molar-refractivity contribution < 1.29 is 86.2 Å². The van der Waals surface area contributed by atoms with E-state index in [1.807, 2.05) is 61.6 Å². The van der Waals surface area contributed by atoms with E-state index in [0.29, 0.717) is 18.5 Å². The number of amides is 1. The summed E-state index contributed by atoms with van der Waals surface area (Å²) in [6.45, 7) is 28.0. The average Bonchev–Trinajstić information content (AvgIpc) is 3.55. The van der Waals surface area contributed by atoms with Gasteiger partial charge in [0, 0.05) is 63.5 Å². The zero-order valence-corrected chi connectivity index (χ0v) is 50.4. The number of carbonyl (C=O) groups is 4. The fourth-order valence-corrected chi connectivity index (χ4v) is 12.4. The first-order valence-electron chi connectivity index (χ1n) is 28.7. The number of morpholine rings is 1. The Labute approximate surface area is 469 Å². The molecule has 5 aliphatic rings. The molecule has 0 aromatic rings. The highest BCUT2D eigenvalue weighted by molar-refractivity contribution is 5.91. The van der Waals surface area contributed by atoms with Gasteiger partial charge in [0.25, 0.3) is 0 Å². The fourth-order valence-electron chi connectivity index (χ4n) is 12.4. The number of rotatable bonds is 14. The van der Waals surface area contributed by atoms with Crippen molar-refractivity contribution in [1.29, 1.82) is 5.26 Å². The number of methoxy groups -OCH3 is 2. The minimum atomic E-state index is -1.95. The molecule has 0 unspecified atom stereocenters. The molecule has 1 amide bonds.